The predicted octanol–water partition coefficient (Wildman–Crippen LogP) is 1.42. The summed E-state index contributed by atoms with van der Waals surface area (Å²) in [4.78, 5) is 11.3. The van der Waals surface area contributed by atoms with Gasteiger partial charge in [-0.2, -0.15) is 0 Å². The van der Waals surface area contributed by atoms with Crippen molar-refractivity contribution in [2.45, 2.75) is 5.92 Å². The molecule has 4 nitrogen and oxygen atoms in total. The van der Waals surface area contributed by atoms with Crippen molar-refractivity contribution in [2.75, 3.05) is 20.2 Å². The summed E-state index contributed by atoms with van der Waals surface area (Å²) < 4.78 is 30.5. The highest BCUT2D eigenvalue weighted by atomic mass is 19.3. The Kier molecular flexibility index (Phi) is 5.44. The Bertz CT molecular complexity index is 444. The molecule has 0 aliphatic heterocycles. The molecule has 19 heavy (non-hydrogen) atoms. The Hall–Kier alpha value is -1.95. The molecule has 3 N–H and O–H groups in total. The average Bonchev–Trinajstić information content (AvgIpc) is 2.43. The Morgan fingerprint density at radius 1 is 1.42 bits per heavy atom. The second kappa shape index (κ2) is 6.84. The maximum Gasteiger partial charge on any atom is 0.277 e. The van der Waals surface area contributed by atoms with Crippen LogP contribution in [-0.2, 0) is 4.79 Å². The van der Waals surface area contributed by atoms with Crippen molar-refractivity contribution < 1.29 is 18.3 Å². The minimum absolute atomic E-state index is 0.594. The Balaban J connectivity index is 2.49. The van der Waals surface area contributed by atoms with E-state index in [4.69, 9.17) is 10.5 Å². The van der Waals surface area contributed by atoms with Gasteiger partial charge >= 0.3 is 0 Å². The van der Waals surface area contributed by atoms with E-state index in [-0.39, 0.29) is 0 Å². The standard InChI is InChI=1S/C13H16F2N2O2/c1-19-11-5-2-10(3-6-11)4-7-12(18)17-9-13(14,15)8-16/h2-7H,8-9,16H2,1H3,(H,17,18)/b7-4+. The van der Waals surface area contributed by atoms with Gasteiger partial charge in [-0.3, -0.25) is 4.79 Å². The van der Waals surface area contributed by atoms with Crippen LogP contribution in [0.5, 0.6) is 5.75 Å². The number of nitrogens with two attached hydrogens (primary N) is 1. The molecular formula is C13H16F2N2O2. The number of amides is 1. The quantitative estimate of drug-likeness (QED) is 0.768. The van der Waals surface area contributed by atoms with E-state index < -0.39 is 24.9 Å². The first-order valence-corrected chi connectivity index (χ1v) is 5.65. The van der Waals surface area contributed by atoms with E-state index in [1.54, 1.807) is 31.4 Å². The lowest BCUT2D eigenvalue weighted by Crippen LogP contribution is -2.41. The topological polar surface area (TPSA) is 64.3 Å². The molecule has 1 aromatic rings. The number of benzene rings is 1. The van der Waals surface area contributed by atoms with Crippen LogP contribution in [0.1, 0.15) is 5.56 Å². The zero-order valence-electron chi connectivity index (χ0n) is 10.5. The van der Waals surface area contributed by atoms with Crippen LogP contribution in [0.4, 0.5) is 8.78 Å². The molecule has 0 unspecified atom stereocenters. The highest BCUT2D eigenvalue weighted by Gasteiger charge is 2.26. The van der Waals surface area contributed by atoms with Crippen molar-refractivity contribution in [2.24, 2.45) is 5.73 Å². The Labute approximate surface area is 110 Å². The minimum atomic E-state index is -3.08. The van der Waals surface area contributed by atoms with E-state index in [1.807, 2.05) is 0 Å². The molecule has 0 spiro atoms. The zero-order chi connectivity index (χ0) is 14.3. The van der Waals surface area contributed by atoms with Crippen molar-refractivity contribution in [3.63, 3.8) is 0 Å². The summed E-state index contributed by atoms with van der Waals surface area (Å²) in [6.45, 7) is -1.56. The molecule has 0 aromatic heterocycles. The van der Waals surface area contributed by atoms with Crippen molar-refractivity contribution >= 4 is 12.0 Å². The predicted molar refractivity (Wildman–Crippen MR) is 69.0 cm³/mol. The van der Waals surface area contributed by atoms with Crippen molar-refractivity contribution in [1.82, 2.24) is 5.32 Å². The van der Waals surface area contributed by atoms with Gasteiger partial charge in [0.05, 0.1) is 20.2 Å². The molecule has 0 bridgehead atoms. The number of methoxy groups -OCH3 is 1. The summed E-state index contributed by atoms with van der Waals surface area (Å²) in [6, 6.07) is 6.97. The van der Waals surface area contributed by atoms with Crippen LogP contribution < -0.4 is 15.8 Å². The average molecular weight is 270 g/mol. The van der Waals surface area contributed by atoms with E-state index in [0.717, 1.165) is 5.56 Å². The first-order chi connectivity index (χ1) is 8.96. The fraction of sp³-hybridized carbons (Fsp3) is 0.308. The van der Waals surface area contributed by atoms with Crippen LogP contribution >= 0.6 is 0 Å². The third kappa shape index (κ3) is 5.48. The van der Waals surface area contributed by atoms with E-state index >= 15 is 0 Å². The lowest BCUT2D eigenvalue weighted by Gasteiger charge is -2.13. The molecule has 0 fully saturated rings. The van der Waals surface area contributed by atoms with Gasteiger partial charge in [0.25, 0.3) is 5.92 Å². The van der Waals surface area contributed by atoms with E-state index in [0.29, 0.717) is 5.75 Å². The lowest BCUT2D eigenvalue weighted by atomic mass is 10.2. The van der Waals surface area contributed by atoms with Crippen LogP contribution in [0.3, 0.4) is 0 Å². The smallest absolute Gasteiger partial charge is 0.277 e. The Morgan fingerprint density at radius 2 is 2.05 bits per heavy atom. The summed E-state index contributed by atoms with van der Waals surface area (Å²) in [5, 5.41) is 2.09. The van der Waals surface area contributed by atoms with Gasteiger partial charge in [-0.15, -0.1) is 0 Å². The van der Waals surface area contributed by atoms with Gasteiger partial charge < -0.3 is 15.8 Å². The van der Waals surface area contributed by atoms with E-state index in [1.165, 1.54) is 12.2 Å². The molecule has 6 heteroatoms. The molecule has 1 aromatic carbocycles. The summed E-state index contributed by atoms with van der Waals surface area (Å²) in [5.74, 6) is -2.97. The molecule has 0 saturated heterocycles. The third-order valence-corrected chi connectivity index (χ3v) is 2.36. The number of ether oxygens (including phenoxy) is 1. The van der Waals surface area contributed by atoms with Crippen LogP contribution in [0, 0.1) is 0 Å². The first kappa shape index (κ1) is 15.1. The number of alkyl halides is 2. The highest BCUT2D eigenvalue weighted by molar-refractivity contribution is 5.91. The van der Waals surface area contributed by atoms with E-state index in [9.17, 15) is 13.6 Å². The number of hydrogen-bond donors (Lipinski definition) is 2. The van der Waals surface area contributed by atoms with Crippen LogP contribution in [0.25, 0.3) is 6.08 Å². The Morgan fingerprint density at radius 3 is 2.58 bits per heavy atom. The number of nitrogens with one attached hydrogen (secondary N) is 1. The minimum Gasteiger partial charge on any atom is -0.497 e. The van der Waals surface area contributed by atoms with Gasteiger partial charge in [-0.05, 0) is 23.8 Å². The molecule has 104 valence electrons. The van der Waals surface area contributed by atoms with Gasteiger partial charge in [0.15, 0.2) is 0 Å². The number of rotatable bonds is 6. The lowest BCUT2D eigenvalue weighted by molar-refractivity contribution is -0.118. The normalized spacial score (nSPS) is 11.6. The third-order valence-electron chi connectivity index (χ3n) is 2.36. The molecule has 0 atom stereocenters. The summed E-state index contributed by atoms with van der Waals surface area (Å²) in [7, 11) is 1.55. The van der Waals surface area contributed by atoms with Gasteiger partial charge in [-0.1, -0.05) is 12.1 Å². The maximum absolute atomic E-state index is 12.8. The number of carbonyl (C=O) groups is 1. The molecule has 0 saturated carbocycles. The van der Waals surface area contributed by atoms with Crippen LogP contribution in [-0.4, -0.2) is 32.0 Å². The van der Waals surface area contributed by atoms with Crippen molar-refractivity contribution in [1.29, 1.82) is 0 Å². The van der Waals surface area contributed by atoms with Crippen LogP contribution in [0.2, 0.25) is 0 Å². The largest absolute Gasteiger partial charge is 0.497 e. The number of halogens is 2. The molecule has 0 aliphatic rings. The van der Waals surface area contributed by atoms with E-state index in [2.05, 4.69) is 5.32 Å². The second-order valence-electron chi connectivity index (χ2n) is 3.88. The van der Waals surface area contributed by atoms with Gasteiger partial charge in [0.2, 0.25) is 5.91 Å². The van der Waals surface area contributed by atoms with Crippen molar-refractivity contribution in [3.05, 3.63) is 35.9 Å². The van der Waals surface area contributed by atoms with Crippen LogP contribution in [0.15, 0.2) is 30.3 Å². The summed E-state index contributed by atoms with van der Waals surface area (Å²) in [5.41, 5.74) is 5.62. The molecule has 0 aliphatic carbocycles. The maximum atomic E-state index is 12.8. The molecule has 0 radical (unpaired) electrons. The summed E-state index contributed by atoms with van der Waals surface area (Å²) in [6.07, 6.45) is 2.71. The number of carbonyl (C=O) groups excluding carboxylic acids is 1. The molecule has 0 heterocycles. The fourth-order valence-electron chi connectivity index (χ4n) is 1.23. The second-order valence-corrected chi connectivity index (χ2v) is 3.88. The first-order valence-electron chi connectivity index (χ1n) is 5.65. The monoisotopic (exact) mass is 270 g/mol. The van der Waals surface area contributed by atoms with Gasteiger partial charge in [0.1, 0.15) is 5.75 Å². The molecule has 1 rings (SSSR count). The fourth-order valence-corrected chi connectivity index (χ4v) is 1.23. The molecular weight excluding hydrogens is 254 g/mol. The van der Waals surface area contributed by atoms with Gasteiger partial charge in [-0.25, -0.2) is 8.78 Å². The highest BCUT2D eigenvalue weighted by Crippen LogP contribution is 2.12. The zero-order valence-corrected chi connectivity index (χ0v) is 10.5. The SMILES string of the molecule is COc1ccc(/C=C/C(=O)NCC(F)(F)CN)cc1. The molecule has 1 amide bonds. The summed E-state index contributed by atoms with van der Waals surface area (Å²) >= 11 is 0. The number of hydrogen-bond acceptors (Lipinski definition) is 3. The van der Waals surface area contributed by atoms with Crippen molar-refractivity contribution in [3.8, 4) is 5.75 Å². The van der Waals surface area contributed by atoms with Gasteiger partial charge in [0, 0.05) is 6.08 Å².